The van der Waals surface area contributed by atoms with Crippen molar-refractivity contribution in [3.05, 3.63) is 11.6 Å². The number of aliphatic hydroxyl groups excluding tert-OH is 1. The Balaban J connectivity index is 1.54. The molecular weight excluding hydrogens is 364 g/mol. The van der Waals surface area contributed by atoms with Crippen LogP contribution in [0.3, 0.4) is 0 Å². The van der Waals surface area contributed by atoms with Crippen LogP contribution in [0.1, 0.15) is 112 Å². The van der Waals surface area contributed by atoms with Gasteiger partial charge in [-0.2, -0.15) is 0 Å². The van der Waals surface area contributed by atoms with Crippen molar-refractivity contribution in [1.82, 2.24) is 0 Å². The molecule has 4 aliphatic carbocycles. The number of hydrogen-bond acceptors (Lipinski definition) is 1. The zero-order valence-electron chi connectivity index (χ0n) is 21.0. The molecule has 4 aliphatic rings. The SMILES string of the molecule is CC(C)CCC[C@@H](CO)[C@H]1CC[C@H]2[C@@H]3CC=C4C(C)(C)CCC[C@]4(C)[C@H]3CC[C@]12C. The molecule has 0 saturated heterocycles. The van der Waals surface area contributed by atoms with Crippen LogP contribution in [0.5, 0.6) is 0 Å². The number of fused-ring (bicyclic) bond motifs is 5. The summed E-state index contributed by atoms with van der Waals surface area (Å²) in [4.78, 5) is 0. The van der Waals surface area contributed by atoms with E-state index in [2.05, 4.69) is 47.6 Å². The van der Waals surface area contributed by atoms with Gasteiger partial charge in [-0.3, -0.25) is 0 Å². The van der Waals surface area contributed by atoms with Crippen molar-refractivity contribution in [2.75, 3.05) is 6.61 Å². The van der Waals surface area contributed by atoms with Crippen LogP contribution in [0.2, 0.25) is 0 Å². The summed E-state index contributed by atoms with van der Waals surface area (Å²) in [6.07, 6.45) is 17.8. The smallest absolute Gasteiger partial charge is 0.0462 e. The van der Waals surface area contributed by atoms with Crippen molar-refractivity contribution in [3.8, 4) is 0 Å². The van der Waals surface area contributed by atoms with Gasteiger partial charge in [0.15, 0.2) is 0 Å². The van der Waals surface area contributed by atoms with E-state index in [1.54, 1.807) is 0 Å². The maximum atomic E-state index is 10.3. The molecule has 0 amide bonds. The second-order valence-electron chi connectivity index (χ2n) is 13.4. The van der Waals surface area contributed by atoms with Gasteiger partial charge >= 0.3 is 0 Å². The van der Waals surface area contributed by atoms with Crippen LogP contribution < -0.4 is 0 Å². The van der Waals surface area contributed by atoms with Gasteiger partial charge in [0.2, 0.25) is 0 Å². The molecule has 0 aliphatic heterocycles. The average molecular weight is 415 g/mol. The lowest BCUT2D eigenvalue weighted by molar-refractivity contribution is -0.0632. The van der Waals surface area contributed by atoms with E-state index in [9.17, 15) is 5.11 Å². The first-order valence-corrected chi connectivity index (χ1v) is 13.5. The standard InChI is InChI=1S/C29H50O/c1-20(2)9-7-10-21(19-30)23-12-13-24-22-11-14-26-27(3,4)16-8-17-29(26,6)25(22)15-18-28(23,24)5/h14,20-25,30H,7-13,15-19H2,1-6H3/t21-,22-,23+,24-,25-,28+,29+/m0/s1. The first-order chi connectivity index (χ1) is 14.1. The molecule has 1 heteroatoms. The molecule has 7 atom stereocenters. The van der Waals surface area contributed by atoms with Crippen molar-refractivity contribution in [1.29, 1.82) is 0 Å². The maximum absolute atomic E-state index is 10.3. The van der Waals surface area contributed by atoms with Gasteiger partial charge in [0.1, 0.15) is 0 Å². The molecule has 0 aromatic heterocycles. The topological polar surface area (TPSA) is 20.2 Å². The summed E-state index contributed by atoms with van der Waals surface area (Å²) in [7, 11) is 0. The third kappa shape index (κ3) is 3.64. The van der Waals surface area contributed by atoms with Gasteiger partial charge in [-0.15, -0.1) is 0 Å². The maximum Gasteiger partial charge on any atom is 0.0462 e. The number of rotatable bonds is 6. The van der Waals surface area contributed by atoms with E-state index in [4.69, 9.17) is 0 Å². The van der Waals surface area contributed by atoms with Crippen molar-refractivity contribution in [2.45, 2.75) is 112 Å². The van der Waals surface area contributed by atoms with Crippen LogP contribution >= 0.6 is 0 Å². The summed E-state index contributed by atoms with van der Waals surface area (Å²) in [5.41, 5.74) is 3.16. The van der Waals surface area contributed by atoms with Crippen molar-refractivity contribution in [3.63, 3.8) is 0 Å². The van der Waals surface area contributed by atoms with E-state index >= 15 is 0 Å². The van der Waals surface area contributed by atoms with Gasteiger partial charge in [0.25, 0.3) is 0 Å². The van der Waals surface area contributed by atoms with E-state index < -0.39 is 0 Å². The second-order valence-corrected chi connectivity index (χ2v) is 13.4. The third-order valence-electron chi connectivity index (χ3n) is 10.9. The molecule has 1 nitrogen and oxygen atoms in total. The molecule has 30 heavy (non-hydrogen) atoms. The molecule has 0 aromatic carbocycles. The number of hydrogen-bond donors (Lipinski definition) is 1. The normalized spacial score (nSPS) is 43.5. The summed E-state index contributed by atoms with van der Waals surface area (Å²) in [6, 6.07) is 0. The lowest BCUT2D eigenvalue weighted by Crippen LogP contribution is -2.52. The number of allylic oxidation sites excluding steroid dienone is 2. The molecule has 0 radical (unpaired) electrons. The molecule has 172 valence electrons. The number of aliphatic hydroxyl groups is 1. The highest BCUT2D eigenvalue weighted by Gasteiger charge is 2.60. The van der Waals surface area contributed by atoms with Crippen LogP contribution in [-0.2, 0) is 0 Å². The van der Waals surface area contributed by atoms with E-state index in [1.807, 2.05) is 5.57 Å². The highest BCUT2D eigenvalue weighted by Crippen LogP contribution is 2.68. The lowest BCUT2D eigenvalue weighted by Gasteiger charge is -2.60. The quantitative estimate of drug-likeness (QED) is 0.436. The molecule has 0 aromatic rings. The van der Waals surface area contributed by atoms with Crippen molar-refractivity contribution < 1.29 is 5.11 Å². The molecule has 3 fully saturated rings. The first-order valence-electron chi connectivity index (χ1n) is 13.5. The van der Waals surface area contributed by atoms with Gasteiger partial charge < -0.3 is 5.11 Å². The Kier molecular flexibility index (Phi) is 6.28. The highest BCUT2D eigenvalue weighted by atomic mass is 16.3. The fraction of sp³-hybridized carbons (Fsp3) is 0.931. The van der Waals surface area contributed by atoms with Gasteiger partial charge in [0, 0.05) is 6.61 Å². The molecule has 0 heterocycles. The summed E-state index contributed by atoms with van der Waals surface area (Å²) in [5.74, 6) is 4.76. The monoisotopic (exact) mass is 414 g/mol. The van der Waals surface area contributed by atoms with E-state index in [1.165, 1.54) is 70.6 Å². The molecule has 4 rings (SSSR count). The van der Waals surface area contributed by atoms with Crippen LogP contribution in [0.25, 0.3) is 0 Å². The lowest BCUT2D eigenvalue weighted by atomic mass is 9.44. The van der Waals surface area contributed by atoms with Crippen molar-refractivity contribution in [2.24, 2.45) is 51.8 Å². The average Bonchev–Trinajstić information content (AvgIpc) is 3.01. The molecule has 0 unspecified atom stereocenters. The fourth-order valence-electron chi connectivity index (χ4n) is 9.52. The van der Waals surface area contributed by atoms with E-state index in [-0.39, 0.29) is 0 Å². The minimum Gasteiger partial charge on any atom is -0.396 e. The Bertz CT molecular complexity index is 645. The summed E-state index contributed by atoms with van der Waals surface area (Å²) < 4.78 is 0. The van der Waals surface area contributed by atoms with Gasteiger partial charge in [-0.1, -0.05) is 72.5 Å². The molecule has 0 bridgehead atoms. The fourth-order valence-corrected chi connectivity index (χ4v) is 9.52. The van der Waals surface area contributed by atoms with Crippen LogP contribution in [0.4, 0.5) is 0 Å². The van der Waals surface area contributed by atoms with Crippen LogP contribution in [0.15, 0.2) is 11.6 Å². The second kappa shape index (κ2) is 8.24. The van der Waals surface area contributed by atoms with Crippen LogP contribution in [0, 0.1) is 51.8 Å². The molecular formula is C29H50O. The van der Waals surface area contributed by atoms with Gasteiger partial charge in [-0.25, -0.2) is 0 Å². The highest BCUT2D eigenvalue weighted by molar-refractivity contribution is 5.29. The van der Waals surface area contributed by atoms with Gasteiger partial charge in [0.05, 0.1) is 0 Å². The minimum absolute atomic E-state index is 0.412. The Hall–Kier alpha value is -0.300. The molecule has 3 saturated carbocycles. The zero-order valence-corrected chi connectivity index (χ0v) is 21.0. The predicted octanol–water partition coefficient (Wildman–Crippen LogP) is 8.03. The van der Waals surface area contributed by atoms with Crippen LogP contribution in [-0.4, -0.2) is 11.7 Å². The Labute approximate surface area is 187 Å². The summed E-state index contributed by atoms with van der Waals surface area (Å²) in [5, 5.41) is 10.3. The largest absolute Gasteiger partial charge is 0.396 e. The third-order valence-corrected chi connectivity index (χ3v) is 10.9. The van der Waals surface area contributed by atoms with E-state index in [0.29, 0.717) is 28.8 Å². The zero-order chi connectivity index (χ0) is 21.7. The minimum atomic E-state index is 0.412. The Morgan fingerprint density at radius 3 is 2.43 bits per heavy atom. The molecule has 0 spiro atoms. The van der Waals surface area contributed by atoms with E-state index in [0.717, 1.165) is 29.6 Å². The first kappa shape index (κ1) is 22.9. The van der Waals surface area contributed by atoms with Crippen molar-refractivity contribution >= 4 is 0 Å². The predicted molar refractivity (Wildman–Crippen MR) is 128 cm³/mol. The Morgan fingerprint density at radius 2 is 1.73 bits per heavy atom. The Morgan fingerprint density at radius 1 is 0.967 bits per heavy atom. The summed E-state index contributed by atoms with van der Waals surface area (Å²) in [6.45, 7) is 15.4. The van der Waals surface area contributed by atoms with Gasteiger partial charge in [-0.05, 0) is 103 Å². The summed E-state index contributed by atoms with van der Waals surface area (Å²) >= 11 is 0. The molecule has 1 N–H and O–H groups in total.